The molecule has 1 aliphatic carbocycles. The van der Waals surface area contributed by atoms with E-state index in [-0.39, 0.29) is 12.1 Å². The van der Waals surface area contributed by atoms with Crippen molar-refractivity contribution in [2.24, 2.45) is 0 Å². The maximum absolute atomic E-state index is 9.58. The van der Waals surface area contributed by atoms with Gasteiger partial charge < -0.3 is 10.4 Å². The molecule has 2 N–H and O–H groups in total. The summed E-state index contributed by atoms with van der Waals surface area (Å²) in [6.07, 6.45) is 3.42. The van der Waals surface area contributed by atoms with E-state index in [1.165, 1.54) is 26.1 Å². The first-order valence-electron chi connectivity index (χ1n) is 7.42. The predicted molar refractivity (Wildman–Crippen MR) is 74.8 cm³/mol. The Labute approximate surface area is 111 Å². The summed E-state index contributed by atoms with van der Waals surface area (Å²) < 4.78 is 0. The van der Waals surface area contributed by atoms with Crippen LogP contribution < -0.4 is 5.32 Å². The Morgan fingerprint density at radius 1 is 1.39 bits per heavy atom. The number of rotatable bonds is 4. The van der Waals surface area contributed by atoms with Gasteiger partial charge in [-0.05, 0) is 39.8 Å². The van der Waals surface area contributed by atoms with Crippen LogP contribution in [0.4, 0.5) is 0 Å². The van der Waals surface area contributed by atoms with Crippen LogP contribution in [0.2, 0.25) is 0 Å². The molecule has 0 aromatic rings. The number of piperazine rings is 1. The van der Waals surface area contributed by atoms with Gasteiger partial charge in [0.1, 0.15) is 0 Å². The van der Waals surface area contributed by atoms with Gasteiger partial charge in [-0.1, -0.05) is 6.92 Å². The van der Waals surface area contributed by atoms with Crippen molar-refractivity contribution in [3.8, 4) is 0 Å². The van der Waals surface area contributed by atoms with Crippen molar-refractivity contribution in [3.05, 3.63) is 0 Å². The summed E-state index contributed by atoms with van der Waals surface area (Å²) in [5.74, 6) is 0. The first-order chi connectivity index (χ1) is 8.64. The summed E-state index contributed by atoms with van der Waals surface area (Å²) >= 11 is 0. The number of nitrogens with one attached hydrogen (secondary N) is 1. The molecule has 0 bridgehead atoms. The maximum Gasteiger partial charge on any atom is 0.0613 e. The van der Waals surface area contributed by atoms with E-state index in [2.05, 4.69) is 29.0 Å². The molecule has 106 valence electrons. The lowest BCUT2D eigenvalue weighted by Crippen LogP contribution is -2.55. The third-order valence-electron chi connectivity index (χ3n) is 5.13. The van der Waals surface area contributed by atoms with Gasteiger partial charge in [0.05, 0.1) is 6.61 Å². The molecule has 0 aromatic carbocycles. The summed E-state index contributed by atoms with van der Waals surface area (Å²) in [5.41, 5.74) is -0.0181. The smallest absolute Gasteiger partial charge is 0.0613 e. The Hall–Kier alpha value is -0.160. The van der Waals surface area contributed by atoms with E-state index in [4.69, 9.17) is 0 Å². The maximum atomic E-state index is 9.58. The van der Waals surface area contributed by atoms with E-state index < -0.39 is 0 Å². The fourth-order valence-electron chi connectivity index (χ4n) is 3.68. The fraction of sp³-hybridized carbons (Fsp3) is 1.00. The SMILES string of the molecule is CCN1CCN(C2CCC(CO)(NC)C2)CC1C. The molecule has 3 unspecified atom stereocenters. The highest BCUT2D eigenvalue weighted by Crippen LogP contribution is 2.33. The van der Waals surface area contributed by atoms with Crippen LogP contribution in [0.25, 0.3) is 0 Å². The highest BCUT2D eigenvalue weighted by atomic mass is 16.3. The highest BCUT2D eigenvalue weighted by molar-refractivity contribution is 4.99. The van der Waals surface area contributed by atoms with Crippen molar-refractivity contribution in [1.29, 1.82) is 0 Å². The second-order valence-corrected chi connectivity index (χ2v) is 6.06. The minimum Gasteiger partial charge on any atom is -0.394 e. The fourth-order valence-corrected chi connectivity index (χ4v) is 3.68. The Kier molecular flexibility index (Phi) is 4.64. The van der Waals surface area contributed by atoms with Crippen molar-refractivity contribution < 1.29 is 5.11 Å². The minimum atomic E-state index is -0.0181. The van der Waals surface area contributed by atoms with Crippen LogP contribution in [0.15, 0.2) is 0 Å². The van der Waals surface area contributed by atoms with Gasteiger partial charge in [0.25, 0.3) is 0 Å². The molecule has 18 heavy (non-hydrogen) atoms. The Bertz CT molecular complexity index is 268. The standard InChI is InChI=1S/C14H29N3O/c1-4-16-7-8-17(10-12(16)2)13-5-6-14(9-13,11-18)15-3/h12-13,15,18H,4-11H2,1-3H3. The van der Waals surface area contributed by atoms with Gasteiger partial charge in [-0.15, -0.1) is 0 Å². The van der Waals surface area contributed by atoms with E-state index in [9.17, 15) is 5.11 Å². The third kappa shape index (κ3) is 2.72. The average Bonchev–Trinajstić information content (AvgIpc) is 2.84. The second kappa shape index (κ2) is 5.87. The third-order valence-corrected chi connectivity index (χ3v) is 5.13. The Morgan fingerprint density at radius 2 is 2.17 bits per heavy atom. The van der Waals surface area contributed by atoms with Crippen molar-refractivity contribution in [2.45, 2.75) is 50.7 Å². The zero-order chi connectivity index (χ0) is 13.2. The molecule has 3 atom stereocenters. The summed E-state index contributed by atoms with van der Waals surface area (Å²) in [5, 5.41) is 12.9. The van der Waals surface area contributed by atoms with Crippen molar-refractivity contribution >= 4 is 0 Å². The van der Waals surface area contributed by atoms with Gasteiger partial charge in [-0.2, -0.15) is 0 Å². The second-order valence-electron chi connectivity index (χ2n) is 6.06. The lowest BCUT2D eigenvalue weighted by Gasteiger charge is -2.42. The van der Waals surface area contributed by atoms with Crippen LogP contribution >= 0.6 is 0 Å². The van der Waals surface area contributed by atoms with Crippen molar-refractivity contribution in [1.82, 2.24) is 15.1 Å². The van der Waals surface area contributed by atoms with Gasteiger partial charge in [0.15, 0.2) is 0 Å². The molecule has 0 aromatic heterocycles. The molecule has 1 saturated heterocycles. The van der Waals surface area contributed by atoms with Gasteiger partial charge in [-0.3, -0.25) is 9.80 Å². The van der Waals surface area contributed by atoms with Gasteiger partial charge >= 0.3 is 0 Å². The number of hydrogen-bond acceptors (Lipinski definition) is 4. The Balaban J connectivity index is 1.91. The number of likely N-dealkylation sites (N-methyl/N-ethyl adjacent to an activating group) is 2. The number of aliphatic hydroxyl groups excluding tert-OH is 1. The van der Waals surface area contributed by atoms with Gasteiger partial charge in [0.2, 0.25) is 0 Å². The quantitative estimate of drug-likeness (QED) is 0.768. The molecule has 4 nitrogen and oxygen atoms in total. The lowest BCUT2D eigenvalue weighted by atomic mass is 9.98. The summed E-state index contributed by atoms with van der Waals surface area (Å²) in [6.45, 7) is 9.58. The predicted octanol–water partition coefficient (Wildman–Crippen LogP) is 0.515. The zero-order valence-corrected chi connectivity index (χ0v) is 12.2. The summed E-state index contributed by atoms with van der Waals surface area (Å²) in [6, 6.07) is 1.33. The summed E-state index contributed by atoms with van der Waals surface area (Å²) in [4.78, 5) is 5.20. The number of nitrogens with zero attached hydrogens (tertiary/aromatic N) is 2. The highest BCUT2D eigenvalue weighted by Gasteiger charge is 2.40. The van der Waals surface area contributed by atoms with Crippen LogP contribution in [0.5, 0.6) is 0 Å². The number of hydrogen-bond donors (Lipinski definition) is 2. The van der Waals surface area contributed by atoms with Crippen molar-refractivity contribution in [2.75, 3.05) is 39.8 Å². The molecular formula is C14H29N3O. The number of aliphatic hydroxyl groups is 1. The van der Waals surface area contributed by atoms with Gasteiger partial charge in [0, 0.05) is 37.3 Å². The van der Waals surface area contributed by atoms with Crippen LogP contribution in [0.1, 0.15) is 33.1 Å². The molecule has 0 radical (unpaired) electrons. The molecule has 1 saturated carbocycles. The van der Waals surface area contributed by atoms with Crippen LogP contribution in [0, 0.1) is 0 Å². The minimum absolute atomic E-state index is 0.0181. The lowest BCUT2D eigenvalue weighted by molar-refractivity contribution is 0.0555. The molecule has 1 heterocycles. The van der Waals surface area contributed by atoms with E-state index in [0.717, 1.165) is 19.4 Å². The molecule has 0 spiro atoms. The van der Waals surface area contributed by atoms with Crippen LogP contribution in [-0.2, 0) is 0 Å². The molecule has 0 amide bonds. The Morgan fingerprint density at radius 3 is 2.67 bits per heavy atom. The first-order valence-corrected chi connectivity index (χ1v) is 7.42. The molecule has 1 aliphatic heterocycles. The average molecular weight is 255 g/mol. The zero-order valence-electron chi connectivity index (χ0n) is 12.2. The van der Waals surface area contributed by atoms with Crippen LogP contribution in [-0.4, -0.2) is 72.4 Å². The van der Waals surface area contributed by atoms with E-state index in [0.29, 0.717) is 12.1 Å². The monoisotopic (exact) mass is 255 g/mol. The van der Waals surface area contributed by atoms with Crippen LogP contribution in [0.3, 0.4) is 0 Å². The largest absolute Gasteiger partial charge is 0.394 e. The van der Waals surface area contributed by atoms with Gasteiger partial charge in [-0.25, -0.2) is 0 Å². The summed E-state index contributed by atoms with van der Waals surface area (Å²) in [7, 11) is 1.98. The van der Waals surface area contributed by atoms with E-state index >= 15 is 0 Å². The topological polar surface area (TPSA) is 38.7 Å². The molecule has 2 aliphatic rings. The van der Waals surface area contributed by atoms with E-state index in [1.807, 2.05) is 7.05 Å². The van der Waals surface area contributed by atoms with E-state index in [1.54, 1.807) is 0 Å². The van der Waals surface area contributed by atoms with Crippen molar-refractivity contribution in [3.63, 3.8) is 0 Å². The first kappa shape index (κ1) is 14.3. The molecule has 4 heteroatoms. The molecule has 2 rings (SSSR count). The molecule has 2 fully saturated rings. The molecular weight excluding hydrogens is 226 g/mol. The normalized spacial score (nSPS) is 39.3.